The highest BCUT2D eigenvalue weighted by molar-refractivity contribution is 7.17. The summed E-state index contributed by atoms with van der Waals surface area (Å²) < 4.78 is 7.47. The molecule has 0 aliphatic heterocycles. The summed E-state index contributed by atoms with van der Waals surface area (Å²) in [5.74, 6) is 1.79. The van der Waals surface area contributed by atoms with Gasteiger partial charge in [-0.3, -0.25) is 4.98 Å². The number of benzene rings is 2. The van der Waals surface area contributed by atoms with Crippen LogP contribution in [0.1, 0.15) is 43.2 Å². The molecule has 7 heteroatoms. The maximum Gasteiger partial charge on any atom is 0.329 e. The van der Waals surface area contributed by atoms with E-state index in [-0.39, 0.29) is 5.41 Å². The molecule has 3 atom stereocenters. The molecule has 2 saturated carbocycles. The van der Waals surface area contributed by atoms with Crippen molar-refractivity contribution in [2.45, 2.75) is 49.5 Å². The number of hydrogen-bond acceptors (Lipinski definition) is 5. The molecule has 0 saturated heterocycles. The Bertz CT molecular complexity index is 1540. The van der Waals surface area contributed by atoms with Crippen LogP contribution in [0.5, 0.6) is 5.75 Å². The van der Waals surface area contributed by atoms with Crippen molar-refractivity contribution in [3.8, 4) is 5.75 Å². The highest BCUT2D eigenvalue weighted by atomic mass is 35.5. The van der Waals surface area contributed by atoms with E-state index in [0.717, 1.165) is 47.5 Å². The van der Waals surface area contributed by atoms with Crippen molar-refractivity contribution in [3.05, 3.63) is 88.4 Å². The van der Waals surface area contributed by atoms with Crippen LogP contribution < -0.4 is 10.1 Å². The molecule has 2 aromatic heterocycles. The first-order valence-electron chi connectivity index (χ1n) is 13.8. The summed E-state index contributed by atoms with van der Waals surface area (Å²) in [6.45, 7) is 0.722. The van der Waals surface area contributed by atoms with Gasteiger partial charge < -0.3 is 15.2 Å². The Balaban J connectivity index is 1.11. The highest BCUT2D eigenvalue weighted by Crippen LogP contribution is 2.62. The van der Waals surface area contributed by atoms with Crippen molar-refractivity contribution >= 4 is 44.8 Å². The molecule has 0 amide bonds. The van der Waals surface area contributed by atoms with E-state index in [0.29, 0.717) is 35.6 Å². The Morgan fingerprint density at radius 3 is 2.77 bits per heavy atom. The highest BCUT2D eigenvalue weighted by Gasteiger charge is 2.59. The molecule has 200 valence electrons. The summed E-state index contributed by atoms with van der Waals surface area (Å²) in [7, 11) is 0. The van der Waals surface area contributed by atoms with E-state index in [2.05, 4.69) is 39.9 Å². The van der Waals surface area contributed by atoms with Crippen LogP contribution in [0.3, 0.4) is 0 Å². The fraction of sp³-hybridized carbons (Fsp3) is 0.375. The topological polar surface area (TPSA) is 71.5 Å². The third-order valence-electron chi connectivity index (χ3n) is 9.57. The molecule has 0 bridgehead atoms. The first-order chi connectivity index (χ1) is 19.0. The van der Waals surface area contributed by atoms with Crippen LogP contribution in [0.25, 0.3) is 10.2 Å². The van der Waals surface area contributed by atoms with Crippen molar-refractivity contribution in [2.75, 3.05) is 11.9 Å². The fourth-order valence-corrected chi connectivity index (χ4v) is 8.50. The maximum atomic E-state index is 12.7. The van der Waals surface area contributed by atoms with E-state index in [1.807, 2.05) is 42.6 Å². The number of fused-ring (bicyclic) bond motifs is 3. The van der Waals surface area contributed by atoms with Gasteiger partial charge in [-0.25, -0.2) is 4.79 Å². The number of aliphatic carboxylic acids is 1. The van der Waals surface area contributed by atoms with E-state index in [4.69, 9.17) is 16.3 Å². The number of halogens is 1. The Morgan fingerprint density at radius 2 is 1.95 bits per heavy atom. The minimum Gasteiger partial charge on any atom is -0.492 e. The number of aromatic nitrogens is 1. The van der Waals surface area contributed by atoms with Crippen molar-refractivity contribution < 1.29 is 14.6 Å². The number of carboxylic acids is 1. The average molecular weight is 559 g/mol. The summed E-state index contributed by atoms with van der Waals surface area (Å²) in [6.07, 6.45) is 6.96. The normalized spacial score (nSPS) is 29.3. The number of carbonyl (C=O) groups is 1. The largest absolute Gasteiger partial charge is 0.492 e. The summed E-state index contributed by atoms with van der Waals surface area (Å²) in [4.78, 5) is 17.1. The lowest BCUT2D eigenvalue weighted by Gasteiger charge is -2.47. The monoisotopic (exact) mass is 558 g/mol. The Hall–Kier alpha value is -3.09. The van der Waals surface area contributed by atoms with Gasteiger partial charge in [0.2, 0.25) is 0 Å². The van der Waals surface area contributed by atoms with Gasteiger partial charge in [-0.2, -0.15) is 0 Å². The van der Waals surface area contributed by atoms with Crippen molar-refractivity contribution in [2.24, 2.45) is 17.8 Å². The third-order valence-corrected chi connectivity index (χ3v) is 10.7. The second kappa shape index (κ2) is 9.53. The second-order valence-corrected chi connectivity index (χ2v) is 12.9. The van der Waals surface area contributed by atoms with E-state index in [9.17, 15) is 9.90 Å². The van der Waals surface area contributed by atoms with Crippen LogP contribution >= 0.6 is 22.9 Å². The van der Waals surface area contributed by atoms with Gasteiger partial charge in [-0.05, 0) is 109 Å². The van der Waals surface area contributed by atoms with Gasteiger partial charge >= 0.3 is 5.97 Å². The molecule has 4 aromatic rings. The van der Waals surface area contributed by atoms with Crippen LogP contribution in [0.2, 0.25) is 5.02 Å². The second-order valence-electron chi connectivity index (χ2n) is 11.6. The molecule has 2 heterocycles. The number of rotatable bonds is 7. The van der Waals surface area contributed by atoms with Gasteiger partial charge in [0.15, 0.2) is 0 Å². The molecule has 3 aliphatic carbocycles. The van der Waals surface area contributed by atoms with Crippen LogP contribution in [0.4, 0.5) is 5.69 Å². The SMILES string of the molecule is O=C(O)C1(Nc2cccc(Cl)c2)CCC2(CC1)c1ccccc1C[C@@H]2[C@H]1C[C@@H]1COc1ccnc2ccsc12. The van der Waals surface area contributed by atoms with Crippen LogP contribution in [-0.2, 0) is 16.6 Å². The van der Waals surface area contributed by atoms with Gasteiger partial charge in [0.25, 0.3) is 0 Å². The van der Waals surface area contributed by atoms with E-state index in [1.165, 1.54) is 17.5 Å². The summed E-state index contributed by atoms with van der Waals surface area (Å²) in [6, 6.07) is 20.3. The van der Waals surface area contributed by atoms with Gasteiger partial charge in [-0.15, -0.1) is 11.3 Å². The Labute approximate surface area is 237 Å². The molecule has 5 nitrogen and oxygen atoms in total. The summed E-state index contributed by atoms with van der Waals surface area (Å²) >= 11 is 7.88. The molecule has 2 N–H and O–H groups in total. The van der Waals surface area contributed by atoms with Crippen molar-refractivity contribution in [3.63, 3.8) is 0 Å². The number of ether oxygens (including phenoxy) is 1. The van der Waals surface area contributed by atoms with Crippen molar-refractivity contribution in [1.29, 1.82) is 0 Å². The van der Waals surface area contributed by atoms with Crippen LogP contribution in [0, 0.1) is 17.8 Å². The predicted octanol–water partition coefficient (Wildman–Crippen LogP) is 7.58. The lowest BCUT2D eigenvalue weighted by atomic mass is 9.59. The number of anilines is 1. The quantitative estimate of drug-likeness (QED) is 0.244. The molecule has 1 spiro atoms. The molecular formula is C32H31ClN2O3S. The first kappa shape index (κ1) is 24.9. The number of pyridine rings is 1. The number of nitrogens with one attached hydrogen (secondary N) is 1. The van der Waals surface area contributed by atoms with Crippen LogP contribution in [-0.4, -0.2) is 28.2 Å². The number of carboxylic acid groups (broad SMARTS) is 1. The molecule has 0 unspecified atom stereocenters. The molecule has 39 heavy (non-hydrogen) atoms. The van der Waals surface area contributed by atoms with Gasteiger partial charge in [0.1, 0.15) is 11.3 Å². The number of nitrogens with zero attached hydrogens (tertiary/aromatic N) is 1. The Kier molecular flexibility index (Phi) is 6.09. The predicted molar refractivity (Wildman–Crippen MR) is 156 cm³/mol. The Morgan fingerprint density at radius 1 is 1.10 bits per heavy atom. The minimum absolute atomic E-state index is 0.0165. The smallest absolute Gasteiger partial charge is 0.329 e. The molecule has 3 aliphatic rings. The molecule has 2 aromatic carbocycles. The van der Waals surface area contributed by atoms with E-state index in [1.54, 1.807) is 11.3 Å². The first-order valence-corrected chi connectivity index (χ1v) is 15.0. The molecule has 7 rings (SSSR count). The van der Waals surface area contributed by atoms with Gasteiger partial charge in [-0.1, -0.05) is 41.9 Å². The van der Waals surface area contributed by atoms with Crippen molar-refractivity contribution in [1.82, 2.24) is 4.98 Å². The van der Waals surface area contributed by atoms with Crippen LogP contribution in [0.15, 0.2) is 72.2 Å². The zero-order valence-electron chi connectivity index (χ0n) is 21.6. The van der Waals surface area contributed by atoms with Gasteiger partial charge in [0, 0.05) is 16.9 Å². The summed E-state index contributed by atoms with van der Waals surface area (Å²) in [5.41, 5.74) is 3.66. The van der Waals surface area contributed by atoms with E-state index < -0.39 is 11.5 Å². The number of hydrogen-bond donors (Lipinski definition) is 2. The zero-order chi connectivity index (χ0) is 26.6. The molecular weight excluding hydrogens is 528 g/mol. The lowest BCUT2D eigenvalue weighted by molar-refractivity contribution is -0.144. The third kappa shape index (κ3) is 4.29. The minimum atomic E-state index is -0.989. The lowest BCUT2D eigenvalue weighted by Crippen LogP contribution is -2.53. The zero-order valence-corrected chi connectivity index (χ0v) is 23.2. The summed E-state index contributed by atoms with van der Waals surface area (Å²) in [5, 5.41) is 16.4. The average Bonchev–Trinajstić information content (AvgIpc) is 3.40. The molecule has 2 fully saturated rings. The standard InChI is InChI=1S/C32H31ClN2O3S/c33-22-5-3-6-23(18-22)35-32(30(36)37)12-10-31(11-13-32)25-7-2-1-4-20(25)17-26(31)24-16-21(24)19-38-28-8-14-34-27-9-15-39-29(27)28/h1-9,14-15,18,21,24,26,35H,10-13,16-17,19H2,(H,36,37)/t21-,24+,26-,31?,32?/m1/s1. The molecule has 0 radical (unpaired) electrons. The van der Waals surface area contributed by atoms with Gasteiger partial charge in [0.05, 0.1) is 16.8 Å². The maximum absolute atomic E-state index is 12.7. The number of thiophene rings is 1. The van der Waals surface area contributed by atoms with E-state index >= 15 is 0 Å². The fourth-order valence-electron chi connectivity index (χ4n) is 7.49.